The third-order valence-electron chi connectivity index (χ3n) is 6.80. The zero-order valence-corrected chi connectivity index (χ0v) is 15.6. The highest BCUT2D eigenvalue weighted by Crippen LogP contribution is 2.60. The second kappa shape index (κ2) is 6.95. The molecule has 0 saturated heterocycles. The number of nitrogens with zero attached hydrogens (tertiary/aromatic N) is 1. The van der Waals surface area contributed by atoms with Gasteiger partial charge in [-0.2, -0.15) is 0 Å². The molecular formula is C18H28N2O4S. The molecular weight excluding hydrogens is 340 g/mol. The van der Waals surface area contributed by atoms with Gasteiger partial charge >= 0.3 is 0 Å². The molecule has 0 aliphatic heterocycles. The second-order valence-electron chi connectivity index (χ2n) is 8.12. The third-order valence-corrected chi connectivity index (χ3v) is 7.49. The van der Waals surface area contributed by atoms with Gasteiger partial charge in [-0.15, -0.1) is 11.3 Å². The first-order valence-corrected chi connectivity index (χ1v) is 9.85. The third kappa shape index (κ3) is 3.23. The maximum atomic E-state index is 12.5. The van der Waals surface area contributed by atoms with E-state index in [1.165, 1.54) is 11.3 Å². The molecule has 2 saturated carbocycles. The summed E-state index contributed by atoms with van der Waals surface area (Å²) in [5, 5.41) is 36.3. The lowest BCUT2D eigenvalue weighted by Gasteiger charge is -2.60. The highest BCUT2D eigenvalue weighted by molar-refractivity contribution is 7.13. The number of carbonyl (C=O) groups is 1. The Labute approximate surface area is 152 Å². The van der Waals surface area contributed by atoms with Crippen molar-refractivity contribution >= 4 is 22.4 Å². The fraction of sp³-hybridized carbons (Fsp3) is 0.778. The number of rotatable bonds is 4. The van der Waals surface area contributed by atoms with E-state index >= 15 is 0 Å². The van der Waals surface area contributed by atoms with Crippen molar-refractivity contribution in [1.82, 2.24) is 4.98 Å². The van der Waals surface area contributed by atoms with Gasteiger partial charge in [0.15, 0.2) is 5.13 Å². The van der Waals surface area contributed by atoms with Gasteiger partial charge in [0.2, 0.25) is 5.91 Å². The Bertz CT molecular complexity index is 610. The molecule has 7 heteroatoms. The zero-order chi connectivity index (χ0) is 18.2. The Hall–Kier alpha value is -1.02. The highest BCUT2D eigenvalue weighted by atomic mass is 32.1. The minimum atomic E-state index is -0.586. The van der Waals surface area contributed by atoms with Gasteiger partial charge in [-0.25, -0.2) is 4.98 Å². The molecule has 25 heavy (non-hydrogen) atoms. The highest BCUT2D eigenvalue weighted by Gasteiger charge is 2.58. The van der Waals surface area contributed by atoms with E-state index in [4.69, 9.17) is 0 Å². The normalized spacial score (nSPS) is 41.2. The van der Waals surface area contributed by atoms with Crippen LogP contribution in [0, 0.1) is 22.7 Å². The van der Waals surface area contributed by atoms with Gasteiger partial charge in [0.05, 0.1) is 18.8 Å². The fourth-order valence-corrected chi connectivity index (χ4v) is 5.80. The van der Waals surface area contributed by atoms with Gasteiger partial charge < -0.3 is 20.6 Å². The number of thiazole rings is 1. The van der Waals surface area contributed by atoms with Crippen LogP contribution in [0.2, 0.25) is 0 Å². The molecule has 0 spiro atoms. The summed E-state index contributed by atoms with van der Waals surface area (Å²) in [4.78, 5) is 16.6. The monoisotopic (exact) mass is 368 g/mol. The zero-order valence-electron chi connectivity index (χ0n) is 14.8. The molecule has 140 valence electrons. The lowest BCUT2D eigenvalue weighted by Crippen LogP contribution is -2.60. The summed E-state index contributed by atoms with van der Waals surface area (Å²) in [6.07, 6.45) is 3.47. The van der Waals surface area contributed by atoms with E-state index in [1.54, 1.807) is 11.6 Å². The number of nitrogens with one attached hydrogen (secondary N) is 1. The Morgan fingerprint density at radius 1 is 1.36 bits per heavy atom. The van der Waals surface area contributed by atoms with Gasteiger partial charge in [0.1, 0.15) is 0 Å². The summed E-state index contributed by atoms with van der Waals surface area (Å²) < 4.78 is 0. The second-order valence-corrected chi connectivity index (χ2v) is 9.01. The lowest BCUT2D eigenvalue weighted by molar-refractivity contribution is -0.185. The van der Waals surface area contributed by atoms with Crippen molar-refractivity contribution in [3.8, 4) is 0 Å². The Morgan fingerprint density at radius 3 is 2.76 bits per heavy atom. The van der Waals surface area contributed by atoms with Crippen molar-refractivity contribution in [3.05, 3.63) is 11.6 Å². The number of hydrogen-bond acceptors (Lipinski definition) is 6. The predicted molar refractivity (Wildman–Crippen MR) is 96.1 cm³/mol. The van der Waals surface area contributed by atoms with E-state index in [1.807, 2.05) is 6.92 Å². The SMILES string of the molecule is CC1(CO)C(O)CCC2(C)C(CC(=O)Nc3nccs3)C(O)CCC12. The molecule has 2 aliphatic carbocycles. The van der Waals surface area contributed by atoms with Gasteiger partial charge in [-0.1, -0.05) is 13.8 Å². The summed E-state index contributed by atoms with van der Waals surface area (Å²) in [7, 11) is 0. The molecule has 6 nitrogen and oxygen atoms in total. The fourth-order valence-electron chi connectivity index (χ4n) is 5.26. The van der Waals surface area contributed by atoms with Crippen LogP contribution in [0.5, 0.6) is 0 Å². The smallest absolute Gasteiger partial charge is 0.226 e. The number of aromatic nitrogens is 1. The van der Waals surface area contributed by atoms with E-state index in [9.17, 15) is 20.1 Å². The molecule has 3 rings (SSSR count). The minimum absolute atomic E-state index is 0.0785. The van der Waals surface area contributed by atoms with Gasteiger partial charge in [0, 0.05) is 23.4 Å². The van der Waals surface area contributed by atoms with Crippen molar-refractivity contribution in [2.24, 2.45) is 22.7 Å². The maximum Gasteiger partial charge on any atom is 0.226 e. The summed E-state index contributed by atoms with van der Waals surface area (Å²) in [6, 6.07) is 0. The predicted octanol–water partition coefficient (Wildman–Crippen LogP) is 2.02. The molecule has 0 radical (unpaired) electrons. The number of fused-ring (bicyclic) bond motifs is 1. The Kier molecular flexibility index (Phi) is 5.21. The summed E-state index contributed by atoms with van der Waals surface area (Å²) in [6.45, 7) is 3.97. The molecule has 1 heterocycles. The van der Waals surface area contributed by atoms with E-state index in [0.29, 0.717) is 18.0 Å². The number of carbonyl (C=O) groups excluding carboxylic acids is 1. The number of anilines is 1. The van der Waals surface area contributed by atoms with E-state index in [2.05, 4.69) is 17.2 Å². The van der Waals surface area contributed by atoms with E-state index < -0.39 is 17.6 Å². The van der Waals surface area contributed by atoms with Crippen LogP contribution in [0.15, 0.2) is 11.6 Å². The summed E-state index contributed by atoms with van der Waals surface area (Å²) >= 11 is 1.37. The molecule has 1 aromatic heterocycles. The molecule has 2 fully saturated rings. The van der Waals surface area contributed by atoms with Crippen molar-refractivity contribution in [3.63, 3.8) is 0 Å². The Morgan fingerprint density at radius 2 is 2.12 bits per heavy atom. The molecule has 2 aliphatic rings. The van der Waals surface area contributed by atoms with Gasteiger partial charge in [-0.3, -0.25) is 4.79 Å². The van der Waals surface area contributed by atoms with Crippen LogP contribution in [0.4, 0.5) is 5.13 Å². The molecule has 0 aromatic carbocycles. The van der Waals surface area contributed by atoms with Gasteiger partial charge in [-0.05, 0) is 42.9 Å². The Balaban J connectivity index is 1.81. The molecule has 1 amide bonds. The molecule has 6 atom stereocenters. The largest absolute Gasteiger partial charge is 0.396 e. The van der Waals surface area contributed by atoms with Crippen molar-refractivity contribution < 1.29 is 20.1 Å². The van der Waals surface area contributed by atoms with Crippen molar-refractivity contribution in [2.45, 2.75) is 58.2 Å². The summed E-state index contributed by atoms with van der Waals surface area (Å²) in [5.41, 5.74) is -0.869. The van der Waals surface area contributed by atoms with Crippen LogP contribution in [0.1, 0.15) is 46.0 Å². The first-order valence-electron chi connectivity index (χ1n) is 8.97. The number of amides is 1. The first kappa shape index (κ1) is 18.8. The van der Waals surface area contributed by atoms with Crippen LogP contribution >= 0.6 is 11.3 Å². The van der Waals surface area contributed by atoms with Crippen LogP contribution in [0.3, 0.4) is 0 Å². The van der Waals surface area contributed by atoms with Crippen molar-refractivity contribution in [1.29, 1.82) is 0 Å². The maximum absolute atomic E-state index is 12.5. The van der Waals surface area contributed by atoms with E-state index in [0.717, 1.165) is 12.8 Å². The van der Waals surface area contributed by atoms with Gasteiger partial charge in [0.25, 0.3) is 0 Å². The average Bonchev–Trinajstić information content (AvgIpc) is 3.08. The summed E-state index contributed by atoms with van der Waals surface area (Å²) in [5.74, 6) is -0.253. The standard InChI is InChI=1S/C18H28N2O4S/c1-17-6-5-14(23)18(2,10-21)13(17)4-3-12(22)11(17)9-15(24)20-16-19-7-8-25-16/h7-8,11-14,21-23H,3-6,9-10H2,1-2H3,(H,19,20,24). The lowest BCUT2D eigenvalue weighted by atomic mass is 9.46. The van der Waals surface area contributed by atoms with Crippen LogP contribution in [-0.4, -0.2) is 45.0 Å². The number of aliphatic hydroxyl groups is 3. The molecule has 4 N–H and O–H groups in total. The van der Waals surface area contributed by atoms with Crippen LogP contribution in [0.25, 0.3) is 0 Å². The number of hydrogen-bond donors (Lipinski definition) is 4. The van der Waals surface area contributed by atoms with Crippen LogP contribution < -0.4 is 5.32 Å². The minimum Gasteiger partial charge on any atom is -0.396 e. The topological polar surface area (TPSA) is 103 Å². The number of aliphatic hydroxyl groups excluding tert-OH is 3. The molecule has 0 bridgehead atoms. The van der Waals surface area contributed by atoms with Crippen molar-refractivity contribution in [2.75, 3.05) is 11.9 Å². The van der Waals surface area contributed by atoms with Crippen LogP contribution in [-0.2, 0) is 4.79 Å². The average molecular weight is 368 g/mol. The van der Waals surface area contributed by atoms with E-state index in [-0.39, 0.29) is 36.2 Å². The molecule has 6 unspecified atom stereocenters. The molecule has 1 aromatic rings. The first-order chi connectivity index (χ1) is 11.8. The quantitative estimate of drug-likeness (QED) is 0.651.